The van der Waals surface area contributed by atoms with Crippen LogP contribution in [0, 0.1) is 0 Å². The number of hydrogen-bond donors (Lipinski definition) is 0. The van der Waals surface area contributed by atoms with Crippen molar-refractivity contribution in [3.8, 4) is 0 Å². The van der Waals surface area contributed by atoms with Crippen molar-refractivity contribution in [2.45, 2.75) is 196 Å². The highest BCUT2D eigenvalue weighted by Gasteiger charge is 2.35. The Morgan fingerprint density at radius 2 is 0.590 bits per heavy atom. The molecule has 0 radical (unpaired) electrons. The van der Waals surface area contributed by atoms with Crippen molar-refractivity contribution in [1.82, 2.24) is 0 Å². The molecule has 3 aromatic rings. The van der Waals surface area contributed by atoms with Crippen molar-refractivity contribution in [1.29, 1.82) is 0 Å². The maximum absolute atomic E-state index is 10.8. The molecule has 0 fully saturated rings. The fraction of sp³-hybridized carbons (Fsp3) is 0.679. The molecule has 4 nitrogen and oxygen atoms in total. The van der Waals surface area contributed by atoms with Crippen LogP contribution in [-0.4, -0.2) is 68.4 Å². The number of hydrogen-bond acceptors (Lipinski definition) is 2. The van der Waals surface area contributed by atoms with E-state index in [1.165, 1.54) is 181 Å². The predicted octanol–water partition coefficient (Wildman–Crippen LogP) is 13.8. The van der Waals surface area contributed by atoms with Crippen LogP contribution in [0.15, 0.2) is 91.0 Å². The Labute approximate surface area is 380 Å². The van der Waals surface area contributed by atoms with Gasteiger partial charge in [-0.25, -0.2) is 0 Å². The van der Waals surface area contributed by atoms with Crippen LogP contribution in [0.1, 0.15) is 200 Å². The first-order valence-corrected chi connectivity index (χ1v) is 25.9. The smallest absolute Gasteiger partial charge is 0.0786 e. The molecular weight excluding hydrogens is 743 g/mol. The van der Waals surface area contributed by atoms with Crippen LogP contribution in [0.3, 0.4) is 0 Å². The van der Waals surface area contributed by atoms with Gasteiger partial charge in [0.1, 0.15) is 0 Å². The van der Waals surface area contributed by atoms with Gasteiger partial charge in [-0.05, 0) is 74.5 Å². The molecule has 0 saturated carbocycles. The molecule has 0 aliphatic heterocycles. The van der Waals surface area contributed by atoms with Crippen LogP contribution in [0.25, 0.3) is 0 Å². The Kier molecular flexibility index (Phi) is 33.4. The third kappa shape index (κ3) is 22.7. The minimum atomic E-state index is -1.70. The molecule has 0 amide bonds. The van der Waals surface area contributed by atoms with Crippen molar-refractivity contribution in [2.24, 2.45) is 0 Å². The zero-order valence-corrected chi connectivity index (χ0v) is 41.5. The van der Waals surface area contributed by atoms with Gasteiger partial charge in [0.25, 0.3) is 0 Å². The first kappa shape index (κ1) is 56.6. The second-order valence-corrected chi connectivity index (χ2v) is 18.3. The summed E-state index contributed by atoms with van der Waals surface area (Å²) in [4.78, 5) is 0. The summed E-state index contributed by atoms with van der Waals surface area (Å²) in [6, 6.07) is 31.9. The third-order valence-corrected chi connectivity index (χ3v) is 13.2. The van der Waals surface area contributed by atoms with E-state index in [4.69, 9.17) is 0 Å². The van der Waals surface area contributed by atoms with Crippen LogP contribution in [-0.2, 0) is 5.41 Å². The van der Waals surface area contributed by atoms with Gasteiger partial charge in [-0.3, -0.25) is 0 Å². The monoisotopic (exact) mass is 841 g/mol. The standard InChI is InChI=1S/C24H25BO2.2C16H36N/c26-25(27)20-12-4-11-19-24(21-13-5-1-6-14-21,22-15-7-2-8-16-22)23-17-9-3-10-18-23;2*1-5-9-13-17(14-10-6-2,15-11-7-3)16-12-8-4/h1-3,5-10,13-18H,4,11-12,19-20H2;2*5-16H2,1-4H3/q-2;2*+1. The summed E-state index contributed by atoms with van der Waals surface area (Å²) >= 11 is 0. The molecule has 0 saturated heterocycles. The summed E-state index contributed by atoms with van der Waals surface area (Å²) in [6.45, 7) is 30.0. The highest BCUT2D eigenvalue weighted by atomic mass is 16.4. The quantitative estimate of drug-likeness (QED) is 0.0265. The highest BCUT2D eigenvalue weighted by Crippen LogP contribution is 2.43. The minimum absolute atomic E-state index is 0.217. The molecule has 0 bridgehead atoms. The second-order valence-electron chi connectivity index (χ2n) is 18.3. The van der Waals surface area contributed by atoms with Crippen molar-refractivity contribution < 1.29 is 19.0 Å². The van der Waals surface area contributed by atoms with Crippen LogP contribution in [0.4, 0.5) is 0 Å². The molecule has 0 aliphatic rings. The molecule has 61 heavy (non-hydrogen) atoms. The normalized spacial score (nSPS) is 11.7. The largest absolute Gasteiger partial charge is 0.893 e. The Morgan fingerprint density at radius 3 is 0.803 bits per heavy atom. The fourth-order valence-electron chi connectivity index (χ4n) is 9.27. The predicted molar refractivity (Wildman–Crippen MR) is 267 cm³/mol. The van der Waals surface area contributed by atoms with E-state index in [0.717, 1.165) is 19.3 Å². The highest BCUT2D eigenvalue weighted by molar-refractivity contribution is 6.36. The summed E-state index contributed by atoms with van der Waals surface area (Å²) in [5.74, 6) is 0. The van der Waals surface area contributed by atoms with Crippen LogP contribution in [0.2, 0.25) is 6.32 Å². The summed E-state index contributed by atoms with van der Waals surface area (Å²) < 4.78 is 2.84. The molecule has 0 aromatic heterocycles. The van der Waals surface area contributed by atoms with Crippen LogP contribution in [0.5, 0.6) is 0 Å². The lowest BCUT2D eigenvalue weighted by Crippen LogP contribution is -2.50. The molecule has 0 heterocycles. The summed E-state index contributed by atoms with van der Waals surface area (Å²) in [5, 5.41) is 21.6. The van der Waals surface area contributed by atoms with Gasteiger partial charge in [-0.15, -0.1) is 13.4 Å². The van der Waals surface area contributed by atoms with E-state index < -0.39 is 7.12 Å². The molecule has 0 unspecified atom stereocenters. The van der Waals surface area contributed by atoms with Crippen molar-refractivity contribution in [3.63, 3.8) is 0 Å². The van der Waals surface area contributed by atoms with E-state index in [-0.39, 0.29) is 11.7 Å². The molecule has 0 aliphatic carbocycles. The number of benzene rings is 3. The maximum Gasteiger partial charge on any atom is 0.0786 e. The molecule has 3 rings (SSSR count). The van der Waals surface area contributed by atoms with Gasteiger partial charge in [-0.2, -0.15) is 0 Å². The Balaban J connectivity index is 0.000000482. The van der Waals surface area contributed by atoms with E-state index in [9.17, 15) is 10.0 Å². The molecule has 0 spiro atoms. The zero-order valence-electron chi connectivity index (χ0n) is 41.5. The van der Waals surface area contributed by atoms with E-state index in [0.29, 0.717) is 6.42 Å². The van der Waals surface area contributed by atoms with Crippen molar-refractivity contribution >= 4 is 7.12 Å². The van der Waals surface area contributed by atoms with Gasteiger partial charge in [0, 0.05) is 5.41 Å². The first-order chi connectivity index (χ1) is 29.7. The molecule has 346 valence electrons. The number of nitrogens with zero attached hydrogens (tertiary/aromatic N) is 2. The zero-order chi connectivity index (χ0) is 44.9. The fourth-order valence-corrected chi connectivity index (χ4v) is 9.27. The SMILES string of the molecule is CCCC[N+](CCCC)(CCCC)CCCC.CCCC[N+](CCCC)(CCCC)CCCC.[O-]B([O-])CCCCCC(c1ccccc1)(c1ccccc1)c1ccccc1. The molecular formula is C56H97BN2O2. The Morgan fingerprint density at radius 1 is 0.344 bits per heavy atom. The second kappa shape index (κ2) is 36.0. The van der Waals surface area contributed by atoms with Gasteiger partial charge < -0.3 is 19.0 Å². The minimum Gasteiger partial charge on any atom is -0.893 e. The molecule has 3 aromatic carbocycles. The molecule has 5 heteroatoms. The van der Waals surface area contributed by atoms with Gasteiger partial charge in [-0.1, -0.05) is 217 Å². The van der Waals surface area contributed by atoms with Gasteiger partial charge in [0.05, 0.1) is 52.4 Å². The topological polar surface area (TPSA) is 46.1 Å². The van der Waals surface area contributed by atoms with E-state index in [1.54, 1.807) is 0 Å². The first-order valence-electron chi connectivity index (χ1n) is 25.9. The Bertz CT molecular complexity index is 1160. The third-order valence-electron chi connectivity index (χ3n) is 13.2. The summed E-state index contributed by atoms with van der Waals surface area (Å²) in [5.41, 5.74) is 3.58. The van der Waals surface area contributed by atoms with Gasteiger partial charge >= 0.3 is 0 Å². The van der Waals surface area contributed by atoms with E-state index >= 15 is 0 Å². The van der Waals surface area contributed by atoms with Crippen LogP contribution < -0.4 is 10.0 Å². The van der Waals surface area contributed by atoms with Crippen molar-refractivity contribution in [2.75, 3.05) is 52.4 Å². The van der Waals surface area contributed by atoms with Crippen molar-refractivity contribution in [3.05, 3.63) is 108 Å². The summed E-state index contributed by atoms with van der Waals surface area (Å²) in [6.07, 6.45) is 25.8. The summed E-state index contributed by atoms with van der Waals surface area (Å²) in [7, 11) is -1.70. The molecule has 0 atom stereocenters. The van der Waals surface area contributed by atoms with E-state index in [2.05, 4.69) is 128 Å². The van der Waals surface area contributed by atoms with Crippen LogP contribution >= 0.6 is 0 Å². The molecule has 0 N–H and O–H groups in total. The van der Waals surface area contributed by atoms with E-state index in [1.807, 2.05) is 18.2 Å². The lowest BCUT2D eigenvalue weighted by molar-refractivity contribution is -0.929. The maximum atomic E-state index is 10.8. The number of rotatable bonds is 33. The lowest BCUT2D eigenvalue weighted by atomic mass is 9.66. The Hall–Kier alpha value is -2.44. The average Bonchev–Trinajstić information content (AvgIpc) is 3.30. The van der Waals surface area contributed by atoms with Gasteiger partial charge in [0.2, 0.25) is 0 Å². The average molecular weight is 841 g/mol. The number of unbranched alkanes of at least 4 members (excludes halogenated alkanes) is 10. The number of quaternary nitrogens is 2. The lowest BCUT2D eigenvalue weighted by Gasteiger charge is -2.39. The van der Waals surface area contributed by atoms with Gasteiger partial charge in [0.15, 0.2) is 0 Å².